The first-order valence-corrected chi connectivity index (χ1v) is 5.60. The van der Waals surface area contributed by atoms with E-state index in [0.717, 1.165) is 6.26 Å². The molecule has 1 aliphatic rings. The van der Waals surface area contributed by atoms with Gasteiger partial charge in [-0.2, -0.15) is 0 Å². The Balaban J connectivity index is 2.90. The van der Waals surface area contributed by atoms with E-state index in [4.69, 9.17) is 0 Å². The van der Waals surface area contributed by atoms with Crippen molar-refractivity contribution in [2.45, 2.75) is 12.5 Å². The molecule has 7 heteroatoms. The molecule has 0 saturated carbocycles. The van der Waals surface area contributed by atoms with Gasteiger partial charge in [0.2, 0.25) is 0 Å². The van der Waals surface area contributed by atoms with Gasteiger partial charge in [-0.05, 0) is 6.92 Å². The molecule has 0 bridgehead atoms. The SMILES string of the molecule is C[C@@]1(CS(C)(=O)=O)NC(=O)NC1=O. The van der Waals surface area contributed by atoms with Gasteiger partial charge in [-0.25, -0.2) is 13.2 Å². The van der Waals surface area contributed by atoms with Crippen molar-refractivity contribution in [3.05, 3.63) is 0 Å². The predicted octanol–water partition coefficient (Wildman–Crippen LogP) is -1.37. The van der Waals surface area contributed by atoms with Gasteiger partial charge in [0.1, 0.15) is 15.4 Å². The number of imide groups is 1. The molecule has 1 saturated heterocycles. The second kappa shape index (κ2) is 2.69. The lowest BCUT2D eigenvalue weighted by Gasteiger charge is -2.18. The molecular formula is C6H10N2O4S. The molecule has 0 unspecified atom stereocenters. The molecule has 0 aromatic heterocycles. The Morgan fingerprint density at radius 3 is 2.23 bits per heavy atom. The molecule has 3 amide bonds. The number of hydrogen-bond donors (Lipinski definition) is 2. The van der Waals surface area contributed by atoms with Gasteiger partial charge in [0, 0.05) is 6.26 Å². The molecule has 2 N–H and O–H groups in total. The maximum absolute atomic E-state index is 11.1. The number of nitrogens with one attached hydrogen (secondary N) is 2. The van der Waals surface area contributed by atoms with Crippen molar-refractivity contribution in [2.24, 2.45) is 0 Å². The lowest BCUT2D eigenvalue weighted by Crippen LogP contribution is -2.49. The maximum Gasteiger partial charge on any atom is 0.322 e. The van der Waals surface area contributed by atoms with Gasteiger partial charge < -0.3 is 5.32 Å². The van der Waals surface area contributed by atoms with Gasteiger partial charge in [0.25, 0.3) is 5.91 Å². The molecule has 0 spiro atoms. The highest BCUT2D eigenvalue weighted by Gasteiger charge is 2.44. The Hall–Kier alpha value is -1.11. The molecular weight excluding hydrogens is 196 g/mol. The van der Waals surface area contributed by atoms with Crippen LogP contribution in [0.2, 0.25) is 0 Å². The molecule has 0 aromatic carbocycles. The first kappa shape index (κ1) is 9.97. The van der Waals surface area contributed by atoms with E-state index in [1.165, 1.54) is 6.92 Å². The van der Waals surface area contributed by atoms with Crippen molar-refractivity contribution in [2.75, 3.05) is 12.0 Å². The highest BCUT2D eigenvalue weighted by Crippen LogP contribution is 2.11. The minimum atomic E-state index is -3.30. The first-order valence-electron chi connectivity index (χ1n) is 3.54. The smallest absolute Gasteiger partial charge is 0.322 e. The van der Waals surface area contributed by atoms with E-state index in [0.29, 0.717) is 0 Å². The third-order valence-corrected chi connectivity index (χ3v) is 2.77. The zero-order valence-electron chi connectivity index (χ0n) is 7.25. The maximum atomic E-state index is 11.1. The van der Waals surface area contributed by atoms with Gasteiger partial charge in [-0.15, -0.1) is 0 Å². The fourth-order valence-electron chi connectivity index (χ4n) is 1.21. The molecule has 1 fully saturated rings. The molecule has 0 aromatic rings. The van der Waals surface area contributed by atoms with Gasteiger partial charge in [0.05, 0.1) is 5.75 Å². The van der Waals surface area contributed by atoms with Crippen molar-refractivity contribution >= 4 is 21.8 Å². The summed E-state index contributed by atoms with van der Waals surface area (Å²) in [5, 5.41) is 4.23. The van der Waals surface area contributed by atoms with Crippen LogP contribution in [-0.4, -0.2) is 37.9 Å². The summed E-state index contributed by atoms with van der Waals surface area (Å²) in [4.78, 5) is 21.8. The van der Waals surface area contributed by atoms with Crippen LogP contribution in [0.5, 0.6) is 0 Å². The fourth-order valence-corrected chi connectivity index (χ4v) is 2.46. The van der Waals surface area contributed by atoms with E-state index in [1.807, 2.05) is 5.32 Å². The molecule has 0 radical (unpaired) electrons. The Labute approximate surface area is 75.6 Å². The second-order valence-electron chi connectivity index (χ2n) is 3.31. The summed E-state index contributed by atoms with van der Waals surface area (Å²) in [6, 6.07) is -0.656. The van der Waals surface area contributed by atoms with Crippen LogP contribution in [0.4, 0.5) is 4.79 Å². The highest BCUT2D eigenvalue weighted by molar-refractivity contribution is 7.90. The number of rotatable bonds is 2. The summed E-state index contributed by atoms with van der Waals surface area (Å²) >= 11 is 0. The van der Waals surface area contributed by atoms with E-state index >= 15 is 0 Å². The minimum Gasteiger partial charge on any atom is -0.323 e. The Kier molecular flexibility index (Phi) is 2.07. The molecule has 1 rings (SSSR count). The monoisotopic (exact) mass is 206 g/mol. The normalized spacial score (nSPS) is 28.5. The molecule has 1 heterocycles. The Bertz CT molecular complexity index is 361. The van der Waals surface area contributed by atoms with Crippen LogP contribution in [0.15, 0.2) is 0 Å². The number of carbonyl (C=O) groups is 2. The van der Waals surface area contributed by atoms with Crippen molar-refractivity contribution < 1.29 is 18.0 Å². The topological polar surface area (TPSA) is 92.3 Å². The first-order chi connectivity index (χ1) is 5.73. The third kappa shape index (κ3) is 2.18. The van der Waals surface area contributed by atoms with Gasteiger partial charge in [0.15, 0.2) is 0 Å². The third-order valence-electron chi connectivity index (χ3n) is 1.67. The summed E-state index contributed by atoms with van der Waals surface area (Å²) in [5.41, 5.74) is -1.33. The average Bonchev–Trinajstić information content (AvgIpc) is 2.00. The van der Waals surface area contributed by atoms with E-state index in [-0.39, 0.29) is 0 Å². The van der Waals surface area contributed by atoms with E-state index in [1.54, 1.807) is 0 Å². The van der Waals surface area contributed by atoms with Crippen LogP contribution in [0.3, 0.4) is 0 Å². The Morgan fingerprint density at radius 2 is 1.92 bits per heavy atom. The predicted molar refractivity (Wildman–Crippen MR) is 44.8 cm³/mol. The number of hydrogen-bond acceptors (Lipinski definition) is 4. The molecule has 74 valence electrons. The van der Waals surface area contributed by atoms with E-state index in [2.05, 4.69) is 5.32 Å². The second-order valence-corrected chi connectivity index (χ2v) is 5.45. The van der Waals surface area contributed by atoms with Crippen LogP contribution in [0.1, 0.15) is 6.92 Å². The molecule has 1 atom stereocenters. The van der Waals surface area contributed by atoms with Crippen LogP contribution < -0.4 is 10.6 Å². The summed E-state index contributed by atoms with van der Waals surface area (Å²) in [6.07, 6.45) is 1.01. The van der Waals surface area contributed by atoms with Crippen molar-refractivity contribution in [3.8, 4) is 0 Å². The summed E-state index contributed by atoms with van der Waals surface area (Å²) < 4.78 is 21.8. The van der Waals surface area contributed by atoms with Gasteiger partial charge >= 0.3 is 6.03 Å². The lowest BCUT2D eigenvalue weighted by molar-refractivity contribution is -0.122. The summed E-state index contributed by atoms with van der Waals surface area (Å²) in [5.74, 6) is -1.000. The zero-order chi connectivity index (χ0) is 10.3. The molecule has 1 aliphatic heterocycles. The summed E-state index contributed by atoms with van der Waals surface area (Å²) in [7, 11) is -3.30. The highest BCUT2D eigenvalue weighted by atomic mass is 32.2. The standard InChI is InChI=1S/C6H10N2O4S/c1-6(3-13(2,11)12)4(9)7-5(10)8-6/h3H2,1-2H3,(H2,7,8,9,10)/t6-/m0/s1. The number of urea groups is 1. The average molecular weight is 206 g/mol. The van der Waals surface area contributed by atoms with Crippen molar-refractivity contribution in [1.82, 2.24) is 10.6 Å². The van der Waals surface area contributed by atoms with Crippen LogP contribution in [0.25, 0.3) is 0 Å². The fraction of sp³-hybridized carbons (Fsp3) is 0.667. The van der Waals surface area contributed by atoms with Gasteiger partial charge in [-0.3, -0.25) is 10.1 Å². The quantitative estimate of drug-likeness (QED) is 0.545. The van der Waals surface area contributed by atoms with Crippen LogP contribution in [0, 0.1) is 0 Å². The number of sulfone groups is 1. The van der Waals surface area contributed by atoms with Crippen LogP contribution >= 0.6 is 0 Å². The molecule has 13 heavy (non-hydrogen) atoms. The lowest BCUT2D eigenvalue weighted by atomic mass is 10.1. The van der Waals surface area contributed by atoms with Gasteiger partial charge in [-0.1, -0.05) is 0 Å². The number of amides is 3. The van der Waals surface area contributed by atoms with E-state index in [9.17, 15) is 18.0 Å². The van der Waals surface area contributed by atoms with E-state index < -0.39 is 33.1 Å². The Morgan fingerprint density at radius 1 is 1.38 bits per heavy atom. The van der Waals surface area contributed by atoms with Crippen molar-refractivity contribution in [1.29, 1.82) is 0 Å². The zero-order valence-corrected chi connectivity index (χ0v) is 8.06. The molecule has 6 nitrogen and oxygen atoms in total. The largest absolute Gasteiger partial charge is 0.323 e. The summed E-state index contributed by atoms with van der Waals surface area (Å²) in [6.45, 7) is 1.37. The van der Waals surface area contributed by atoms with Crippen LogP contribution in [-0.2, 0) is 14.6 Å². The molecule has 0 aliphatic carbocycles. The van der Waals surface area contributed by atoms with Crippen molar-refractivity contribution in [3.63, 3.8) is 0 Å². The minimum absolute atomic E-state index is 0.391. The number of carbonyl (C=O) groups excluding carboxylic acids is 2.